The summed E-state index contributed by atoms with van der Waals surface area (Å²) in [5.74, 6) is 0.768. The average molecular weight is 272 g/mol. The normalized spacial score (nSPS) is 10.9. The fourth-order valence-corrected chi connectivity index (χ4v) is 2.46. The molecule has 3 heteroatoms. The van der Waals surface area contributed by atoms with Gasteiger partial charge in [0.2, 0.25) is 0 Å². The summed E-state index contributed by atoms with van der Waals surface area (Å²) in [6.45, 7) is 0. The summed E-state index contributed by atoms with van der Waals surface area (Å²) in [6.07, 6.45) is 3.34. The van der Waals surface area contributed by atoms with Crippen LogP contribution in [-0.2, 0) is 0 Å². The molecule has 0 aliphatic carbocycles. The molecule has 1 aromatic heterocycles. The van der Waals surface area contributed by atoms with Crippen molar-refractivity contribution < 1.29 is 4.74 Å². The zero-order valence-electron chi connectivity index (χ0n) is 11.2. The highest BCUT2D eigenvalue weighted by Crippen LogP contribution is 2.31. The molecule has 4 aromatic rings. The Morgan fingerprint density at radius 1 is 0.667 bits per heavy atom. The van der Waals surface area contributed by atoms with Gasteiger partial charge in [-0.3, -0.25) is 0 Å². The van der Waals surface area contributed by atoms with Gasteiger partial charge in [0.15, 0.2) is 0 Å². The predicted octanol–water partition coefficient (Wildman–Crippen LogP) is 4.58. The van der Waals surface area contributed by atoms with Gasteiger partial charge in [0.05, 0.1) is 0 Å². The van der Waals surface area contributed by atoms with E-state index >= 15 is 0 Å². The Morgan fingerprint density at radius 3 is 2.19 bits per heavy atom. The number of aromatic nitrogens is 2. The van der Waals surface area contributed by atoms with Crippen LogP contribution in [0.3, 0.4) is 0 Å². The van der Waals surface area contributed by atoms with Crippen molar-refractivity contribution in [1.29, 1.82) is 0 Å². The minimum Gasteiger partial charge on any atom is -0.424 e. The zero-order chi connectivity index (χ0) is 14.1. The van der Waals surface area contributed by atoms with E-state index in [4.69, 9.17) is 4.74 Å². The first-order valence-electron chi connectivity index (χ1n) is 6.76. The molecular weight excluding hydrogens is 260 g/mol. The largest absolute Gasteiger partial charge is 0.424 e. The van der Waals surface area contributed by atoms with Crippen molar-refractivity contribution in [3.63, 3.8) is 0 Å². The molecule has 3 aromatic carbocycles. The van der Waals surface area contributed by atoms with Crippen LogP contribution >= 0.6 is 0 Å². The third-order valence-electron chi connectivity index (χ3n) is 3.45. The maximum absolute atomic E-state index is 5.82. The zero-order valence-corrected chi connectivity index (χ0v) is 11.2. The first kappa shape index (κ1) is 11.9. The first-order valence-corrected chi connectivity index (χ1v) is 6.76. The van der Waals surface area contributed by atoms with Crippen LogP contribution in [0, 0.1) is 0 Å². The van der Waals surface area contributed by atoms with Gasteiger partial charge >= 0.3 is 6.01 Å². The fraction of sp³-hybridized carbons (Fsp3) is 0. The van der Waals surface area contributed by atoms with E-state index < -0.39 is 0 Å². The van der Waals surface area contributed by atoms with Gasteiger partial charge in [-0.1, -0.05) is 36.4 Å². The quantitative estimate of drug-likeness (QED) is 0.501. The van der Waals surface area contributed by atoms with E-state index in [1.54, 1.807) is 18.5 Å². The second-order valence-corrected chi connectivity index (χ2v) is 4.81. The number of benzene rings is 3. The van der Waals surface area contributed by atoms with Crippen molar-refractivity contribution in [2.45, 2.75) is 0 Å². The number of ether oxygens (including phenoxy) is 1. The third-order valence-corrected chi connectivity index (χ3v) is 3.45. The molecular formula is C18H12N2O. The lowest BCUT2D eigenvalue weighted by Crippen LogP contribution is -1.91. The number of hydrogen-bond acceptors (Lipinski definition) is 3. The molecule has 0 radical (unpaired) electrons. The van der Waals surface area contributed by atoms with Crippen molar-refractivity contribution in [2.24, 2.45) is 0 Å². The standard InChI is InChI=1S/C18H12N2O/c1-2-6-14-12-16-15(11-13(14)5-1)7-3-8-17(16)21-18-19-9-4-10-20-18/h1-12H. The lowest BCUT2D eigenvalue weighted by molar-refractivity contribution is 0.446. The second-order valence-electron chi connectivity index (χ2n) is 4.81. The van der Waals surface area contributed by atoms with E-state index in [9.17, 15) is 0 Å². The van der Waals surface area contributed by atoms with Crippen LogP contribution < -0.4 is 4.74 Å². The van der Waals surface area contributed by atoms with Crippen molar-refractivity contribution >= 4 is 21.5 Å². The smallest absolute Gasteiger partial charge is 0.321 e. The molecule has 0 aliphatic heterocycles. The topological polar surface area (TPSA) is 35.0 Å². The number of fused-ring (bicyclic) bond motifs is 2. The van der Waals surface area contributed by atoms with E-state index in [0.29, 0.717) is 6.01 Å². The highest BCUT2D eigenvalue weighted by molar-refractivity contribution is 6.00. The highest BCUT2D eigenvalue weighted by atomic mass is 16.5. The lowest BCUT2D eigenvalue weighted by atomic mass is 10.0. The fourth-order valence-electron chi connectivity index (χ4n) is 2.46. The van der Waals surface area contributed by atoms with Gasteiger partial charge < -0.3 is 4.74 Å². The minimum atomic E-state index is 0.359. The molecule has 0 unspecified atom stereocenters. The molecule has 4 rings (SSSR count). The molecule has 0 saturated heterocycles. The molecule has 0 atom stereocenters. The summed E-state index contributed by atoms with van der Waals surface area (Å²) in [4.78, 5) is 8.22. The van der Waals surface area contributed by atoms with Gasteiger partial charge in [-0.15, -0.1) is 0 Å². The SMILES string of the molecule is c1cnc(Oc2cccc3cc4ccccc4cc23)nc1. The maximum Gasteiger partial charge on any atom is 0.321 e. The lowest BCUT2D eigenvalue weighted by Gasteiger charge is -2.08. The monoisotopic (exact) mass is 272 g/mol. The van der Waals surface area contributed by atoms with Crippen LogP contribution in [0.25, 0.3) is 21.5 Å². The van der Waals surface area contributed by atoms with Crippen LogP contribution in [0.5, 0.6) is 11.8 Å². The Kier molecular flexibility index (Phi) is 2.75. The van der Waals surface area contributed by atoms with Crippen LogP contribution in [0.15, 0.2) is 73.1 Å². The molecule has 0 bridgehead atoms. The molecule has 1 heterocycles. The summed E-state index contributed by atoms with van der Waals surface area (Å²) in [5.41, 5.74) is 0. The molecule has 0 amide bonds. The number of rotatable bonds is 2. The third kappa shape index (κ3) is 2.19. The van der Waals surface area contributed by atoms with E-state index in [0.717, 1.165) is 16.5 Å². The summed E-state index contributed by atoms with van der Waals surface area (Å²) in [6, 6.07) is 20.7. The summed E-state index contributed by atoms with van der Waals surface area (Å²) < 4.78 is 5.82. The molecule has 21 heavy (non-hydrogen) atoms. The van der Waals surface area contributed by atoms with Crippen molar-refractivity contribution in [2.75, 3.05) is 0 Å². The van der Waals surface area contributed by atoms with Gasteiger partial charge in [-0.25, -0.2) is 9.97 Å². The second kappa shape index (κ2) is 4.87. The van der Waals surface area contributed by atoms with Gasteiger partial charge in [-0.05, 0) is 40.4 Å². The molecule has 3 nitrogen and oxygen atoms in total. The Balaban J connectivity index is 1.90. The number of nitrogens with zero attached hydrogens (tertiary/aromatic N) is 2. The summed E-state index contributed by atoms with van der Waals surface area (Å²) in [7, 11) is 0. The van der Waals surface area contributed by atoms with Crippen LogP contribution in [0.2, 0.25) is 0 Å². The van der Waals surface area contributed by atoms with Crippen molar-refractivity contribution in [3.05, 3.63) is 73.1 Å². The molecule has 100 valence electrons. The Morgan fingerprint density at radius 2 is 1.38 bits per heavy atom. The van der Waals surface area contributed by atoms with E-state index in [2.05, 4.69) is 40.3 Å². The van der Waals surface area contributed by atoms with E-state index in [1.807, 2.05) is 24.3 Å². The van der Waals surface area contributed by atoms with Gasteiger partial charge in [0.1, 0.15) is 5.75 Å². The first-order chi connectivity index (χ1) is 10.4. The Labute approximate surface area is 121 Å². The van der Waals surface area contributed by atoms with E-state index in [1.165, 1.54) is 10.8 Å². The molecule has 0 N–H and O–H groups in total. The van der Waals surface area contributed by atoms with Crippen molar-refractivity contribution in [3.8, 4) is 11.8 Å². The maximum atomic E-state index is 5.82. The van der Waals surface area contributed by atoms with E-state index in [-0.39, 0.29) is 0 Å². The van der Waals surface area contributed by atoms with Crippen LogP contribution in [0.4, 0.5) is 0 Å². The summed E-state index contributed by atoms with van der Waals surface area (Å²) in [5, 5.41) is 4.61. The predicted molar refractivity (Wildman–Crippen MR) is 83.6 cm³/mol. The van der Waals surface area contributed by atoms with Gasteiger partial charge in [0.25, 0.3) is 0 Å². The van der Waals surface area contributed by atoms with Gasteiger partial charge in [-0.2, -0.15) is 0 Å². The minimum absolute atomic E-state index is 0.359. The van der Waals surface area contributed by atoms with Crippen molar-refractivity contribution in [1.82, 2.24) is 9.97 Å². The average Bonchev–Trinajstić information content (AvgIpc) is 2.54. The summed E-state index contributed by atoms with van der Waals surface area (Å²) >= 11 is 0. The number of hydrogen-bond donors (Lipinski definition) is 0. The molecule has 0 aliphatic rings. The Hall–Kier alpha value is -2.94. The molecule has 0 fully saturated rings. The molecule has 0 spiro atoms. The highest BCUT2D eigenvalue weighted by Gasteiger charge is 2.06. The van der Waals surface area contributed by atoms with Crippen LogP contribution in [0.1, 0.15) is 0 Å². The van der Waals surface area contributed by atoms with Gasteiger partial charge in [0, 0.05) is 17.8 Å². The van der Waals surface area contributed by atoms with Crippen LogP contribution in [-0.4, -0.2) is 9.97 Å². The molecule has 0 saturated carbocycles. The Bertz CT molecular complexity index is 920.